The summed E-state index contributed by atoms with van der Waals surface area (Å²) in [6.07, 6.45) is 6.56. The molecule has 1 heterocycles. The molecule has 0 saturated carbocycles. The molecule has 1 aliphatic rings. The maximum Gasteiger partial charge on any atom is 0.235 e. The van der Waals surface area contributed by atoms with Crippen LogP contribution in [0, 0.1) is 0 Å². The van der Waals surface area contributed by atoms with Crippen LogP contribution < -0.4 is 0 Å². The molecule has 0 bridgehead atoms. The van der Waals surface area contributed by atoms with Gasteiger partial charge in [0.2, 0.25) is 6.08 Å². The fraction of sp³-hybridized carbons (Fsp3) is 0.500. The number of rotatable bonds is 2. The van der Waals surface area contributed by atoms with Gasteiger partial charge in [0, 0.05) is 4.88 Å². The van der Waals surface area contributed by atoms with E-state index >= 15 is 0 Å². The number of isocyanates is 1. The number of nitrogens with zero attached hydrogens (tertiary/aromatic N) is 1. The molecule has 0 fully saturated rings. The van der Waals surface area contributed by atoms with Gasteiger partial charge in [0.25, 0.3) is 0 Å². The molecule has 0 atom stereocenters. The lowest BCUT2D eigenvalue weighted by Crippen LogP contribution is -2.00. The molecule has 0 radical (unpaired) electrons. The van der Waals surface area contributed by atoms with Crippen molar-refractivity contribution in [2.24, 2.45) is 4.99 Å². The van der Waals surface area contributed by atoms with Gasteiger partial charge in [-0.3, -0.25) is 0 Å². The van der Waals surface area contributed by atoms with Crippen molar-refractivity contribution in [2.75, 3.05) is 0 Å². The normalized spacial score (nSPS) is 14.8. The van der Waals surface area contributed by atoms with Crippen molar-refractivity contribution in [2.45, 2.75) is 32.2 Å². The van der Waals surface area contributed by atoms with Gasteiger partial charge in [-0.15, -0.1) is 11.3 Å². The second-order valence-electron chi connectivity index (χ2n) is 3.28. The Labute approximate surface area is 81.3 Å². The Bertz CT molecular complexity index is 350. The topological polar surface area (TPSA) is 29.4 Å². The Morgan fingerprint density at radius 3 is 3.15 bits per heavy atom. The van der Waals surface area contributed by atoms with Crippen LogP contribution in [-0.2, 0) is 24.2 Å². The van der Waals surface area contributed by atoms with E-state index in [-0.39, 0.29) is 0 Å². The van der Waals surface area contributed by atoms with Crippen LogP contribution >= 0.6 is 11.3 Å². The number of carbonyl (C=O) groups excluding carboxylic acids is 1. The molecule has 1 aromatic rings. The first kappa shape index (κ1) is 8.67. The van der Waals surface area contributed by atoms with Gasteiger partial charge in [-0.05, 0) is 42.2 Å². The minimum Gasteiger partial charge on any atom is -0.211 e. The van der Waals surface area contributed by atoms with Crippen molar-refractivity contribution in [3.63, 3.8) is 0 Å². The number of thiophene rings is 1. The molecule has 2 nitrogen and oxygen atoms in total. The second-order valence-corrected chi connectivity index (χ2v) is 4.24. The number of hydrogen-bond donors (Lipinski definition) is 0. The summed E-state index contributed by atoms with van der Waals surface area (Å²) >= 11 is 1.81. The molecule has 0 saturated heterocycles. The molecular formula is C10H11NOS. The van der Waals surface area contributed by atoms with Gasteiger partial charge in [-0.2, -0.15) is 0 Å². The Balaban J connectivity index is 2.26. The molecule has 0 aliphatic heterocycles. The maximum absolute atomic E-state index is 9.98. The lowest BCUT2D eigenvalue weighted by molar-refractivity contribution is 0.562. The first-order valence-electron chi connectivity index (χ1n) is 4.53. The van der Waals surface area contributed by atoms with Crippen molar-refractivity contribution in [3.8, 4) is 0 Å². The molecule has 0 unspecified atom stereocenters. The molecular weight excluding hydrogens is 182 g/mol. The predicted octanol–water partition coefficient (Wildman–Crippen LogP) is 2.46. The third kappa shape index (κ3) is 1.71. The van der Waals surface area contributed by atoms with Crippen molar-refractivity contribution in [1.82, 2.24) is 0 Å². The summed E-state index contributed by atoms with van der Waals surface area (Å²) in [7, 11) is 0. The quantitative estimate of drug-likeness (QED) is 0.524. The van der Waals surface area contributed by atoms with Gasteiger partial charge >= 0.3 is 0 Å². The van der Waals surface area contributed by atoms with E-state index in [1.807, 2.05) is 11.3 Å². The third-order valence-electron chi connectivity index (χ3n) is 2.46. The number of fused-ring (bicyclic) bond motifs is 1. The average molecular weight is 193 g/mol. The highest BCUT2D eigenvalue weighted by atomic mass is 32.1. The molecule has 0 spiro atoms. The van der Waals surface area contributed by atoms with Crippen LogP contribution in [0.25, 0.3) is 0 Å². The van der Waals surface area contributed by atoms with Gasteiger partial charge in [-0.25, -0.2) is 9.79 Å². The van der Waals surface area contributed by atoms with Gasteiger partial charge in [-0.1, -0.05) is 0 Å². The van der Waals surface area contributed by atoms with Crippen LogP contribution in [0.3, 0.4) is 0 Å². The Morgan fingerprint density at radius 1 is 1.46 bits per heavy atom. The molecule has 0 amide bonds. The van der Waals surface area contributed by atoms with E-state index < -0.39 is 0 Å². The molecule has 0 aromatic carbocycles. The van der Waals surface area contributed by atoms with Crippen molar-refractivity contribution >= 4 is 17.4 Å². The first-order chi connectivity index (χ1) is 6.42. The minimum absolute atomic E-state index is 0.523. The van der Waals surface area contributed by atoms with Crippen molar-refractivity contribution in [3.05, 3.63) is 21.4 Å². The van der Waals surface area contributed by atoms with Gasteiger partial charge in [0.15, 0.2) is 0 Å². The standard InChI is InChI=1S/C10H11NOS/c12-7-11-5-8-6-13-10-4-2-1-3-9(8)10/h6H,1-5H2. The Kier molecular flexibility index (Phi) is 2.57. The first-order valence-corrected chi connectivity index (χ1v) is 5.41. The van der Waals surface area contributed by atoms with Crippen LogP contribution in [-0.4, -0.2) is 6.08 Å². The highest BCUT2D eigenvalue weighted by molar-refractivity contribution is 7.10. The van der Waals surface area contributed by atoms with Crippen molar-refractivity contribution < 1.29 is 4.79 Å². The Morgan fingerprint density at radius 2 is 2.31 bits per heavy atom. The summed E-state index contributed by atoms with van der Waals surface area (Å²) in [6.45, 7) is 0.523. The minimum atomic E-state index is 0.523. The summed E-state index contributed by atoms with van der Waals surface area (Å²) in [6, 6.07) is 0. The van der Waals surface area contributed by atoms with E-state index in [4.69, 9.17) is 0 Å². The number of aryl methyl sites for hydroxylation is 1. The molecule has 1 aliphatic carbocycles. The van der Waals surface area contributed by atoms with Crippen LogP contribution in [0.2, 0.25) is 0 Å². The predicted molar refractivity (Wildman–Crippen MR) is 52.8 cm³/mol. The van der Waals surface area contributed by atoms with Crippen molar-refractivity contribution in [1.29, 1.82) is 0 Å². The molecule has 68 valence electrons. The highest BCUT2D eigenvalue weighted by Gasteiger charge is 2.14. The molecule has 1 aromatic heterocycles. The SMILES string of the molecule is O=C=NCc1csc2c1CCCC2. The van der Waals surface area contributed by atoms with E-state index in [1.54, 1.807) is 6.08 Å². The molecule has 13 heavy (non-hydrogen) atoms. The van der Waals surface area contributed by atoms with Crippen LogP contribution in [0.5, 0.6) is 0 Å². The zero-order chi connectivity index (χ0) is 9.10. The zero-order valence-corrected chi connectivity index (χ0v) is 8.19. The molecule has 2 rings (SSSR count). The van der Waals surface area contributed by atoms with Crippen LogP contribution in [0.1, 0.15) is 28.8 Å². The van der Waals surface area contributed by atoms with Crippen LogP contribution in [0.15, 0.2) is 10.4 Å². The third-order valence-corrected chi connectivity index (χ3v) is 3.60. The maximum atomic E-state index is 9.98. The van der Waals surface area contributed by atoms with Gasteiger partial charge in [0.05, 0.1) is 6.54 Å². The second kappa shape index (κ2) is 3.86. The van der Waals surface area contributed by atoms with E-state index in [0.717, 1.165) is 0 Å². The largest absolute Gasteiger partial charge is 0.235 e. The summed E-state index contributed by atoms with van der Waals surface area (Å²) < 4.78 is 0. The Hall–Kier alpha value is -0.920. The lowest BCUT2D eigenvalue weighted by Gasteiger charge is -2.11. The number of hydrogen-bond acceptors (Lipinski definition) is 3. The van der Waals surface area contributed by atoms with E-state index in [1.165, 1.54) is 41.7 Å². The number of aliphatic imine (C=N–C) groups is 1. The fourth-order valence-corrected chi connectivity index (χ4v) is 2.95. The smallest absolute Gasteiger partial charge is 0.211 e. The van der Waals surface area contributed by atoms with E-state index in [2.05, 4.69) is 10.4 Å². The van der Waals surface area contributed by atoms with Gasteiger partial charge < -0.3 is 0 Å². The van der Waals surface area contributed by atoms with E-state index in [0.29, 0.717) is 6.54 Å². The fourth-order valence-electron chi connectivity index (χ4n) is 1.81. The summed E-state index contributed by atoms with van der Waals surface area (Å²) in [5.41, 5.74) is 2.69. The summed E-state index contributed by atoms with van der Waals surface area (Å²) in [5, 5.41) is 2.14. The average Bonchev–Trinajstić information content (AvgIpc) is 2.58. The monoisotopic (exact) mass is 193 g/mol. The lowest BCUT2D eigenvalue weighted by atomic mass is 9.96. The van der Waals surface area contributed by atoms with Crippen LogP contribution in [0.4, 0.5) is 0 Å². The molecule has 3 heteroatoms. The van der Waals surface area contributed by atoms with Gasteiger partial charge in [0.1, 0.15) is 0 Å². The van der Waals surface area contributed by atoms with E-state index in [9.17, 15) is 4.79 Å². The summed E-state index contributed by atoms with van der Waals surface area (Å²) in [4.78, 5) is 15.1. The summed E-state index contributed by atoms with van der Waals surface area (Å²) in [5.74, 6) is 0. The zero-order valence-electron chi connectivity index (χ0n) is 7.38. The highest BCUT2D eigenvalue weighted by Crippen LogP contribution is 2.30. The molecule has 0 N–H and O–H groups in total.